The lowest BCUT2D eigenvalue weighted by Gasteiger charge is -2.40. The zero-order chi connectivity index (χ0) is 46.7. The number of anilines is 4. The fourth-order valence-electron chi connectivity index (χ4n) is 10.5. The summed E-state index contributed by atoms with van der Waals surface area (Å²) in [7, 11) is 0. The summed E-state index contributed by atoms with van der Waals surface area (Å²) in [6.45, 7) is 12.0. The third-order valence-electron chi connectivity index (χ3n) is 14.5. The number of likely N-dealkylation sites (tertiary alicyclic amines) is 2. The normalized spacial score (nSPS) is 19.0. The predicted molar refractivity (Wildman–Crippen MR) is 283 cm³/mol. The van der Waals surface area contributed by atoms with Gasteiger partial charge in [-0.15, -0.1) is 0 Å². The van der Waals surface area contributed by atoms with E-state index in [-0.39, 0.29) is 12.1 Å². The molecule has 0 amide bonds. The molecule has 0 aromatic heterocycles. The molecule has 68 heavy (non-hydrogen) atoms. The lowest BCUT2D eigenvalue weighted by atomic mass is 9.85. The zero-order valence-corrected chi connectivity index (χ0v) is 42.4. The van der Waals surface area contributed by atoms with Gasteiger partial charge in [0.15, 0.2) is 11.5 Å². The Kier molecular flexibility index (Phi) is 14.8. The van der Waals surface area contributed by atoms with Crippen LogP contribution in [0.1, 0.15) is 89.2 Å². The number of benzene rings is 4. The van der Waals surface area contributed by atoms with Gasteiger partial charge in [0.1, 0.15) is 9.98 Å². The van der Waals surface area contributed by atoms with Crippen LogP contribution >= 0.6 is 48.0 Å². The first kappa shape index (κ1) is 47.2. The summed E-state index contributed by atoms with van der Waals surface area (Å²) in [5.41, 5.74) is 5.02. The highest BCUT2D eigenvalue weighted by Crippen LogP contribution is 2.55. The maximum Gasteiger partial charge on any atom is 0.336 e. The van der Waals surface area contributed by atoms with Crippen molar-refractivity contribution in [1.82, 2.24) is 20.4 Å². The van der Waals surface area contributed by atoms with Crippen LogP contribution in [0, 0.1) is 11.8 Å². The van der Waals surface area contributed by atoms with Gasteiger partial charge in [-0.25, -0.2) is 9.59 Å². The fraction of sp³-hybridized carbons (Fsp3) is 0.444. The molecule has 0 radical (unpaired) electrons. The first-order chi connectivity index (χ1) is 33.2. The summed E-state index contributed by atoms with van der Waals surface area (Å²) < 4.78 is 13.0. The molecule has 2 unspecified atom stereocenters. The molecule has 2 N–H and O–H groups in total. The first-order valence-electron chi connectivity index (χ1n) is 24.8. The van der Waals surface area contributed by atoms with Gasteiger partial charge in [-0.1, -0.05) is 85.1 Å². The van der Waals surface area contributed by atoms with Gasteiger partial charge in [0.25, 0.3) is 0 Å². The number of rotatable bonds is 16. The van der Waals surface area contributed by atoms with Crippen molar-refractivity contribution in [1.29, 1.82) is 0 Å². The maximum absolute atomic E-state index is 14.3. The molecule has 4 aromatic carbocycles. The molecule has 0 bridgehead atoms. The molecule has 2 saturated carbocycles. The van der Waals surface area contributed by atoms with Gasteiger partial charge in [-0.3, -0.25) is 0 Å². The third-order valence-corrected chi connectivity index (χ3v) is 17.4. The van der Waals surface area contributed by atoms with Gasteiger partial charge in [0, 0.05) is 70.0 Å². The van der Waals surface area contributed by atoms with Gasteiger partial charge in [-0.05, 0) is 152 Å². The minimum atomic E-state index is -0.701. The molecule has 2 saturated heterocycles. The molecule has 0 spiro atoms. The second-order valence-electron chi connectivity index (χ2n) is 19.4. The Morgan fingerprint density at radius 2 is 0.985 bits per heavy atom. The molecule has 4 aromatic rings. The quantitative estimate of drug-likeness (QED) is 0.0483. The minimum Gasteiger partial charge on any atom is -0.420 e. The Hall–Kier alpha value is -4.44. The van der Waals surface area contributed by atoms with Crippen LogP contribution in [0.25, 0.3) is 0 Å². The first-order valence-corrected chi connectivity index (χ1v) is 27.2. The van der Waals surface area contributed by atoms with Crippen LogP contribution < -0.4 is 29.9 Å². The van der Waals surface area contributed by atoms with E-state index >= 15 is 0 Å². The van der Waals surface area contributed by atoms with Crippen LogP contribution in [0.4, 0.5) is 22.7 Å². The largest absolute Gasteiger partial charge is 0.420 e. The van der Waals surface area contributed by atoms with Crippen LogP contribution in [0.15, 0.2) is 105 Å². The molecule has 4 aliphatic heterocycles. The minimum absolute atomic E-state index is 0.0478. The highest BCUT2D eigenvalue weighted by molar-refractivity contribution is 8.00. The van der Waals surface area contributed by atoms with Crippen LogP contribution in [-0.4, -0.2) is 96.2 Å². The van der Waals surface area contributed by atoms with Crippen molar-refractivity contribution in [3.63, 3.8) is 0 Å². The van der Waals surface area contributed by atoms with Crippen molar-refractivity contribution in [3.8, 4) is 11.5 Å². The number of para-hydroxylation sites is 2. The highest BCUT2D eigenvalue weighted by Gasteiger charge is 2.36. The molecular weight excluding hydrogens is 925 g/mol. The van der Waals surface area contributed by atoms with Crippen molar-refractivity contribution in [2.24, 2.45) is 11.8 Å². The summed E-state index contributed by atoms with van der Waals surface area (Å²) in [5.74, 6) is 0.505. The molecule has 356 valence electrons. The average molecular weight is 987 g/mol. The molecule has 14 heteroatoms. The lowest BCUT2D eigenvalue weighted by molar-refractivity contribution is -0.131. The van der Waals surface area contributed by atoms with E-state index in [1.54, 1.807) is 23.5 Å². The molecule has 10 nitrogen and oxygen atoms in total. The second-order valence-corrected chi connectivity index (χ2v) is 22.3. The van der Waals surface area contributed by atoms with E-state index in [0.29, 0.717) is 44.4 Å². The Morgan fingerprint density at radius 1 is 0.588 bits per heavy atom. The molecule has 2 aliphatic carbocycles. The van der Waals surface area contributed by atoms with Gasteiger partial charge in [0.2, 0.25) is 0 Å². The summed E-state index contributed by atoms with van der Waals surface area (Å²) in [4.78, 5) is 43.6. The number of hydrogen-bond acceptors (Lipinski definition) is 12. The lowest BCUT2D eigenvalue weighted by Crippen LogP contribution is -2.40. The van der Waals surface area contributed by atoms with E-state index in [1.807, 2.05) is 12.1 Å². The van der Waals surface area contributed by atoms with Crippen molar-refractivity contribution >= 4 is 92.6 Å². The number of ether oxygens (including phenoxy) is 2. The standard InChI is InChI=1S/C54H62N6O4S4/c1-35(33-57-27-7-8-28-57)59-41-17-3-5-19-43(41)67-45-23-21-39(53(65)55-31-37-13-11-14-37)51(49(45)59)63-47(61)25-26-48(62)64-52-40(54(66)56-32-38-15-12-16-38)22-24-46-50(52)60(36(2)34-58-29-9-10-30-58)42-18-4-6-20-44(42)68-46/h3-6,17-26,35-38H,7-16,27-34H2,1-2H3,(H,55,65)(H,56,66)/b26-25+. The molecule has 2 atom stereocenters. The number of carbonyl (C=O) groups excluding carboxylic acids is 2. The molecular formula is C54H62N6O4S4. The number of nitrogens with zero attached hydrogens (tertiary/aromatic N) is 4. The van der Waals surface area contributed by atoms with E-state index in [0.717, 1.165) is 94.7 Å². The van der Waals surface area contributed by atoms with Crippen molar-refractivity contribution < 1.29 is 19.1 Å². The Labute approximate surface area is 420 Å². The van der Waals surface area contributed by atoms with E-state index in [2.05, 4.69) is 105 Å². The van der Waals surface area contributed by atoms with E-state index in [4.69, 9.17) is 33.9 Å². The molecule has 4 fully saturated rings. The number of carbonyl (C=O) groups is 2. The number of fused-ring (bicyclic) bond motifs is 4. The van der Waals surface area contributed by atoms with Gasteiger partial charge in [0.05, 0.1) is 33.9 Å². The molecule has 4 heterocycles. The maximum atomic E-state index is 14.3. The highest BCUT2D eigenvalue weighted by atomic mass is 32.2. The third kappa shape index (κ3) is 10.2. The summed E-state index contributed by atoms with van der Waals surface area (Å²) in [6, 6.07) is 25.1. The van der Waals surface area contributed by atoms with Crippen LogP contribution in [0.3, 0.4) is 0 Å². The van der Waals surface area contributed by atoms with E-state index in [1.165, 1.54) is 76.4 Å². The van der Waals surface area contributed by atoms with Crippen LogP contribution in [0.5, 0.6) is 11.5 Å². The SMILES string of the molecule is CC(CN1CCCC1)N1c2ccccc2Sc2ccc(C(=S)NCC3CCC3)c(OC(=O)/C=C/C(=O)Oc3c(C(=S)NCC4CCC4)ccc4c3N(C(C)CN3CCCC3)c3ccccc3S4)c21. The summed E-state index contributed by atoms with van der Waals surface area (Å²) in [6.07, 6.45) is 14.3. The smallest absolute Gasteiger partial charge is 0.336 e. The Balaban J connectivity index is 0.972. The predicted octanol–water partition coefficient (Wildman–Crippen LogP) is 11.1. The monoisotopic (exact) mass is 986 g/mol. The van der Waals surface area contributed by atoms with Gasteiger partial charge in [-0.2, -0.15) is 0 Å². The van der Waals surface area contributed by atoms with Crippen molar-refractivity contribution in [2.45, 2.75) is 110 Å². The zero-order valence-electron chi connectivity index (χ0n) is 39.2. The topological polar surface area (TPSA) is 89.6 Å². The van der Waals surface area contributed by atoms with Crippen LogP contribution in [-0.2, 0) is 9.59 Å². The van der Waals surface area contributed by atoms with Crippen LogP contribution in [0.2, 0.25) is 0 Å². The average Bonchev–Trinajstić information content (AvgIpc) is 4.03. The summed E-state index contributed by atoms with van der Waals surface area (Å²) in [5, 5.41) is 7.02. The Bertz CT molecular complexity index is 2410. The Morgan fingerprint density at radius 3 is 1.37 bits per heavy atom. The fourth-order valence-corrected chi connectivity index (χ4v) is 13.1. The van der Waals surface area contributed by atoms with Crippen molar-refractivity contribution in [2.75, 3.05) is 62.2 Å². The second kappa shape index (κ2) is 21.3. The van der Waals surface area contributed by atoms with Gasteiger partial charge < -0.3 is 39.7 Å². The number of nitrogens with one attached hydrogen (secondary N) is 2. The number of hydrogen-bond donors (Lipinski definition) is 2. The van der Waals surface area contributed by atoms with Gasteiger partial charge >= 0.3 is 11.9 Å². The van der Waals surface area contributed by atoms with E-state index < -0.39 is 11.9 Å². The van der Waals surface area contributed by atoms with Crippen molar-refractivity contribution in [3.05, 3.63) is 96.1 Å². The summed E-state index contributed by atoms with van der Waals surface area (Å²) >= 11 is 15.5. The van der Waals surface area contributed by atoms with E-state index in [9.17, 15) is 9.59 Å². The molecule has 10 rings (SSSR count). The number of esters is 2. The molecule has 6 aliphatic rings. The number of thiocarbonyl (C=S) groups is 2.